The highest BCUT2D eigenvalue weighted by Crippen LogP contribution is 2.46. The number of halogens is 1. The second kappa shape index (κ2) is 8.20. The lowest BCUT2D eigenvalue weighted by molar-refractivity contribution is -0.136. The van der Waals surface area contributed by atoms with E-state index in [9.17, 15) is 19.5 Å². The zero-order valence-electron chi connectivity index (χ0n) is 17.1. The minimum atomic E-state index is -1.79. The molecule has 2 aromatic carbocycles. The Balaban J connectivity index is 2.28. The monoisotopic (exact) mass is 474 g/mol. The lowest BCUT2D eigenvalue weighted by Gasteiger charge is -2.35. The number of esters is 1. The molecule has 0 saturated heterocycles. The van der Waals surface area contributed by atoms with Gasteiger partial charge in [0.2, 0.25) is 0 Å². The summed E-state index contributed by atoms with van der Waals surface area (Å²) in [5.74, 6) is -1.67. The number of fused-ring (bicyclic) bond motifs is 1. The number of carbonyl (C=O) groups excluding carboxylic acids is 3. The molecule has 0 radical (unpaired) electrons. The van der Waals surface area contributed by atoms with Crippen molar-refractivity contribution in [2.24, 2.45) is 0 Å². The molecule has 0 fully saturated rings. The van der Waals surface area contributed by atoms with Gasteiger partial charge in [-0.3, -0.25) is 9.59 Å². The molecule has 7 nitrogen and oxygen atoms in total. The Labute approximate surface area is 183 Å². The number of nitrogens with zero attached hydrogens (tertiary/aromatic N) is 1. The third-order valence-electron chi connectivity index (χ3n) is 5.17. The SMILES string of the molecule is COC(=O)c1cc(Br)ccc1N[C@@]1([C@H](O)C(C)=O)C(=O)N(C(C)C)c2ccccc21. The Morgan fingerprint density at radius 3 is 2.47 bits per heavy atom. The number of anilines is 2. The number of amides is 1. The molecular weight excluding hydrogens is 452 g/mol. The van der Waals surface area contributed by atoms with Crippen molar-refractivity contribution in [1.82, 2.24) is 0 Å². The van der Waals surface area contributed by atoms with Crippen LogP contribution in [0.2, 0.25) is 0 Å². The largest absolute Gasteiger partial charge is 0.465 e. The summed E-state index contributed by atoms with van der Waals surface area (Å²) in [5.41, 5.74) is -0.301. The van der Waals surface area contributed by atoms with Gasteiger partial charge in [0.05, 0.1) is 18.4 Å². The number of hydrogen-bond donors (Lipinski definition) is 2. The summed E-state index contributed by atoms with van der Waals surface area (Å²) in [6.45, 7) is 4.93. The first-order valence-electron chi connectivity index (χ1n) is 9.42. The number of rotatable bonds is 6. The summed E-state index contributed by atoms with van der Waals surface area (Å²) in [7, 11) is 1.25. The number of Topliss-reactive ketones (excluding diaryl/α,β-unsaturated/α-hetero) is 1. The number of aliphatic hydroxyl groups is 1. The predicted molar refractivity (Wildman–Crippen MR) is 117 cm³/mol. The molecule has 0 unspecified atom stereocenters. The van der Waals surface area contributed by atoms with Crippen molar-refractivity contribution in [2.45, 2.75) is 38.5 Å². The molecule has 1 heterocycles. The van der Waals surface area contributed by atoms with Gasteiger partial charge in [-0.25, -0.2) is 4.79 Å². The van der Waals surface area contributed by atoms with E-state index in [0.29, 0.717) is 15.7 Å². The van der Waals surface area contributed by atoms with Crippen molar-refractivity contribution in [3.63, 3.8) is 0 Å². The molecule has 2 aromatic rings. The van der Waals surface area contributed by atoms with Crippen LogP contribution in [0.15, 0.2) is 46.9 Å². The van der Waals surface area contributed by atoms with Gasteiger partial charge in [0.25, 0.3) is 5.91 Å². The van der Waals surface area contributed by atoms with E-state index >= 15 is 0 Å². The van der Waals surface area contributed by atoms with Gasteiger partial charge in [0, 0.05) is 21.8 Å². The van der Waals surface area contributed by atoms with Crippen LogP contribution >= 0.6 is 15.9 Å². The lowest BCUT2D eigenvalue weighted by atomic mass is 9.83. The van der Waals surface area contributed by atoms with Gasteiger partial charge in [0.15, 0.2) is 11.3 Å². The van der Waals surface area contributed by atoms with Crippen LogP contribution in [-0.2, 0) is 19.9 Å². The van der Waals surface area contributed by atoms with Crippen molar-refractivity contribution >= 4 is 45.0 Å². The highest BCUT2D eigenvalue weighted by Gasteiger charge is 2.58. The summed E-state index contributed by atoms with van der Waals surface area (Å²) in [4.78, 5) is 40.0. The number of aliphatic hydroxyl groups excluding tert-OH is 1. The lowest BCUT2D eigenvalue weighted by Crippen LogP contribution is -2.57. The second-order valence-electron chi connectivity index (χ2n) is 7.41. The van der Waals surface area contributed by atoms with E-state index in [1.165, 1.54) is 14.0 Å². The Kier molecular flexibility index (Phi) is 6.01. The number of para-hydroxylation sites is 1. The van der Waals surface area contributed by atoms with Crippen LogP contribution in [0.4, 0.5) is 11.4 Å². The Hall–Kier alpha value is -2.71. The van der Waals surface area contributed by atoms with Crippen LogP contribution in [-0.4, -0.2) is 42.0 Å². The topological polar surface area (TPSA) is 95.9 Å². The van der Waals surface area contributed by atoms with Crippen molar-refractivity contribution in [3.05, 3.63) is 58.1 Å². The van der Waals surface area contributed by atoms with E-state index in [-0.39, 0.29) is 17.3 Å². The first-order valence-corrected chi connectivity index (χ1v) is 10.2. The van der Waals surface area contributed by atoms with Gasteiger partial charge < -0.3 is 20.1 Å². The van der Waals surface area contributed by atoms with Crippen molar-refractivity contribution < 1.29 is 24.2 Å². The number of methoxy groups -OCH3 is 1. The van der Waals surface area contributed by atoms with Crippen molar-refractivity contribution in [2.75, 3.05) is 17.3 Å². The smallest absolute Gasteiger partial charge is 0.340 e. The number of ether oxygens (including phenoxy) is 1. The number of carbonyl (C=O) groups is 3. The molecule has 2 atom stereocenters. The zero-order valence-corrected chi connectivity index (χ0v) is 18.7. The van der Waals surface area contributed by atoms with E-state index in [4.69, 9.17) is 4.74 Å². The molecule has 0 spiro atoms. The minimum Gasteiger partial charge on any atom is -0.465 e. The third-order valence-corrected chi connectivity index (χ3v) is 5.67. The number of hydrogen-bond acceptors (Lipinski definition) is 6. The molecular formula is C22H23BrN2O5. The molecule has 30 heavy (non-hydrogen) atoms. The molecule has 8 heteroatoms. The molecule has 1 amide bonds. The maximum absolute atomic E-state index is 13.7. The van der Waals surface area contributed by atoms with Crippen LogP contribution in [0.5, 0.6) is 0 Å². The maximum Gasteiger partial charge on any atom is 0.340 e. The first-order chi connectivity index (χ1) is 14.1. The summed E-state index contributed by atoms with van der Waals surface area (Å²) in [5, 5.41) is 14.1. The van der Waals surface area contributed by atoms with Gasteiger partial charge in [0.1, 0.15) is 6.10 Å². The van der Waals surface area contributed by atoms with E-state index in [0.717, 1.165) is 0 Å². The van der Waals surface area contributed by atoms with Gasteiger partial charge in [-0.05, 0) is 45.0 Å². The minimum absolute atomic E-state index is 0.162. The molecule has 1 aliphatic rings. The van der Waals surface area contributed by atoms with E-state index in [1.807, 2.05) is 13.8 Å². The van der Waals surface area contributed by atoms with Crippen LogP contribution in [0, 0.1) is 0 Å². The molecule has 0 saturated carbocycles. The fraction of sp³-hybridized carbons (Fsp3) is 0.318. The van der Waals surface area contributed by atoms with E-state index in [1.54, 1.807) is 47.4 Å². The summed E-state index contributed by atoms with van der Waals surface area (Å²) in [6, 6.07) is 11.6. The molecule has 0 bridgehead atoms. The normalized spacial score (nSPS) is 18.9. The molecule has 2 N–H and O–H groups in total. The molecule has 3 rings (SSSR count). The average molecular weight is 475 g/mol. The fourth-order valence-corrected chi connectivity index (χ4v) is 4.18. The van der Waals surface area contributed by atoms with Gasteiger partial charge >= 0.3 is 5.97 Å². The van der Waals surface area contributed by atoms with Crippen molar-refractivity contribution in [1.29, 1.82) is 0 Å². The number of nitrogens with one attached hydrogen (secondary N) is 1. The standard InChI is InChI=1S/C22H23BrN2O5/c1-12(2)25-18-8-6-5-7-16(18)22(21(25)29,19(27)13(3)26)24-17-10-9-14(23)11-15(17)20(28)30-4/h5-12,19,24,27H,1-4H3/t19-,22+/m1/s1. The van der Waals surface area contributed by atoms with E-state index in [2.05, 4.69) is 21.2 Å². The van der Waals surface area contributed by atoms with Crippen LogP contribution in [0.25, 0.3) is 0 Å². The zero-order chi connectivity index (χ0) is 22.2. The second-order valence-corrected chi connectivity index (χ2v) is 8.33. The Bertz CT molecular complexity index is 1020. The Morgan fingerprint density at radius 2 is 1.87 bits per heavy atom. The molecule has 1 aliphatic heterocycles. The van der Waals surface area contributed by atoms with Crippen LogP contribution in [0.1, 0.15) is 36.7 Å². The molecule has 158 valence electrons. The highest BCUT2D eigenvalue weighted by atomic mass is 79.9. The maximum atomic E-state index is 13.7. The van der Waals surface area contributed by atoms with E-state index < -0.39 is 29.3 Å². The third kappa shape index (κ3) is 3.40. The van der Waals surface area contributed by atoms with Crippen LogP contribution in [0.3, 0.4) is 0 Å². The van der Waals surface area contributed by atoms with Crippen LogP contribution < -0.4 is 10.2 Å². The fourth-order valence-electron chi connectivity index (χ4n) is 3.82. The quantitative estimate of drug-likeness (QED) is 0.623. The Morgan fingerprint density at radius 1 is 1.20 bits per heavy atom. The summed E-state index contributed by atoms with van der Waals surface area (Å²) < 4.78 is 5.50. The predicted octanol–water partition coefficient (Wildman–Crippen LogP) is 3.25. The summed E-state index contributed by atoms with van der Waals surface area (Å²) >= 11 is 3.32. The number of benzene rings is 2. The van der Waals surface area contributed by atoms with Gasteiger partial charge in [-0.2, -0.15) is 0 Å². The van der Waals surface area contributed by atoms with Gasteiger partial charge in [-0.15, -0.1) is 0 Å². The molecule has 0 aromatic heterocycles. The summed E-state index contributed by atoms with van der Waals surface area (Å²) in [6.07, 6.45) is -1.68. The first kappa shape index (κ1) is 22.0. The van der Waals surface area contributed by atoms with Crippen molar-refractivity contribution in [3.8, 4) is 0 Å². The molecule has 0 aliphatic carbocycles. The number of ketones is 1. The average Bonchev–Trinajstić information content (AvgIpc) is 2.96. The van der Waals surface area contributed by atoms with Gasteiger partial charge in [-0.1, -0.05) is 34.1 Å². The highest BCUT2D eigenvalue weighted by molar-refractivity contribution is 9.10.